The molecule has 0 aliphatic carbocycles. The molecule has 14 heavy (non-hydrogen) atoms. The van der Waals surface area contributed by atoms with Gasteiger partial charge in [-0.05, 0) is 30.9 Å². The van der Waals surface area contributed by atoms with Gasteiger partial charge in [0.2, 0.25) is 0 Å². The molecular formula is C12H20N2. The summed E-state index contributed by atoms with van der Waals surface area (Å²) in [5, 5.41) is 3.43. The Bertz CT molecular complexity index is 281. The lowest BCUT2D eigenvalue weighted by molar-refractivity contribution is 0.440. The highest BCUT2D eigenvalue weighted by atomic mass is 14.9. The minimum atomic E-state index is 0.698. The predicted molar refractivity (Wildman–Crippen MR) is 61.5 cm³/mol. The Morgan fingerprint density at radius 3 is 2.64 bits per heavy atom. The van der Waals surface area contributed by atoms with Crippen molar-refractivity contribution >= 4 is 5.69 Å². The third-order valence-corrected chi connectivity index (χ3v) is 2.66. The van der Waals surface area contributed by atoms with Crippen LogP contribution in [-0.4, -0.2) is 11.5 Å². The molecule has 78 valence electrons. The van der Waals surface area contributed by atoms with Gasteiger partial charge in [0, 0.05) is 24.1 Å². The van der Waals surface area contributed by atoms with Gasteiger partial charge in [0.1, 0.15) is 0 Å². The summed E-state index contributed by atoms with van der Waals surface area (Å²) in [5.74, 6) is 1.42. The van der Waals surface area contributed by atoms with Gasteiger partial charge in [-0.2, -0.15) is 0 Å². The highest BCUT2D eigenvalue weighted by Crippen LogP contribution is 2.12. The summed E-state index contributed by atoms with van der Waals surface area (Å²) < 4.78 is 0. The summed E-state index contributed by atoms with van der Waals surface area (Å²) in [4.78, 5) is 4.16. The maximum Gasteiger partial charge on any atom is 0.0393 e. The molecule has 1 aromatic heterocycles. The zero-order valence-electron chi connectivity index (χ0n) is 9.54. The van der Waals surface area contributed by atoms with E-state index >= 15 is 0 Å². The Hall–Kier alpha value is -1.05. The van der Waals surface area contributed by atoms with E-state index < -0.39 is 0 Å². The Morgan fingerprint density at radius 1 is 1.36 bits per heavy atom. The van der Waals surface area contributed by atoms with E-state index in [0.717, 1.165) is 18.2 Å². The molecule has 0 radical (unpaired) electrons. The monoisotopic (exact) mass is 192 g/mol. The molecule has 0 saturated heterocycles. The summed E-state index contributed by atoms with van der Waals surface area (Å²) in [7, 11) is 0. The number of hydrogen-bond acceptors (Lipinski definition) is 2. The van der Waals surface area contributed by atoms with E-state index in [9.17, 15) is 0 Å². The minimum Gasteiger partial charge on any atom is -0.385 e. The van der Waals surface area contributed by atoms with Crippen molar-refractivity contribution in [2.24, 2.45) is 11.8 Å². The number of aryl methyl sites for hydroxylation is 1. The Kier molecular flexibility index (Phi) is 3.93. The molecule has 1 N–H and O–H groups in total. The average Bonchev–Trinajstić information content (AvgIpc) is 2.14. The van der Waals surface area contributed by atoms with Crippen molar-refractivity contribution in [1.29, 1.82) is 0 Å². The van der Waals surface area contributed by atoms with Crippen molar-refractivity contribution in [3.05, 3.63) is 24.0 Å². The Labute approximate surface area is 86.8 Å². The van der Waals surface area contributed by atoms with Crippen LogP contribution in [0.2, 0.25) is 0 Å². The standard InChI is InChI=1S/C12H20N2/c1-9(2)10(3)8-14-12-5-6-13-11(4)7-12/h5-7,9-10H,8H2,1-4H3,(H,13,14). The summed E-state index contributed by atoms with van der Waals surface area (Å²) in [5.41, 5.74) is 2.23. The molecule has 1 rings (SSSR count). The van der Waals surface area contributed by atoms with Crippen LogP contribution in [-0.2, 0) is 0 Å². The van der Waals surface area contributed by atoms with Crippen LogP contribution in [0.15, 0.2) is 18.3 Å². The summed E-state index contributed by atoms with van der Waals surface area (Å²) in [6.07, 6.45) is 1.84. The van der Waals surface area contributed by atoms with Gasteiger partial charge >= 0.3 is 0 Å². The first kappa shape index (κ1) is 11.0. The second-order valence-electron chi connectivity index (χ2n) is 4.29. The molecule has 2 heteroatoms. The maximum atomic E-state index is 4.16. The van der Waals surface area contributed by atoms with E-state index in [1.165, 1.54) is 5.69 Å². The molecule has 0 saturated carbocycles. The van der Waals surface area contributed by atoms with Gasteiger partial charge in [-0.3, -0.25) is 4.98 Å². The fourth-order valence-electron chi connectivity index (χ4n) is 1.17. The Balaban J connectivity index is 2.45. The summed E-state index contributed by atoms with van der Waals surface area (Å²) >= 11 is 0. The molecule has 1 unspecified atom stereocenters. The minimum absolute atomic E-state index is 0.698. The first-order valence-electron chi connectivity index (χ1n) is 5.26. The third-order valence-electron chi connectivity index (χ3n) is 2.66. The highest BCUT2D eigenvalue weighted by molar-refractivity contribution is 5.42. The largest absolute Gasteiger partial charge is 0.385 e. The van der Waals surface area contributed by atoms with E-state index in [4.69, 9.17) is 0 Å². The third kappa shape index (κ3) is 3.36. The molecule has 1 aromatic rings. The first-order valence-corrected chi connectivity index (χ1v) is 5.26. The van der Waals surface area contributed by atoms with Gasteiger partial charge in [-0.25, -0.2) is 0 Å². The van der Waals surface area contributed by atoms with Gasteiger partial charge in [0.15, 0.2) is 0 Å². The lowest BCUT2D eigenvalue weighted by Gasteiger charge is -2.16. The van der Waals surface area contributed by atoms with Crippen molar-refractivity contribution in [3.8, 4) is 0 Å². The second-order valence-corrected chi connectivity index (χ2v) is 4.29. The van der Waals surface area contributed by atoms with E-state index in [-0.39, 0.29) is 0 Å². The molecule has 0 aliphatic heterocycles. The van der Waals surface area contributed by atoms with Crippen LogP contribution in [0.1, 0.15) is 26.5 Å². The quantitative estimate of drug-likeness (QED) is 0.793. The number of pyridine rings is 1. The highest BCUT2D eigenvalue weighted by Gasteiger charge is 2.06. The number of nitrogens with zero attached hydrogens (tertiary/aromatic N) is 1. The summed E-state index contributed by atoms with van der Waals surface area (Å²) in [6.45, 7) is 9.82. The molecule has 0 spiro atoms. The van der Waals surface area contributed by atoms with Gasteiger partial charge in [-0.1, -0.05) is 20.8 Å². The smallest absolute Gasteiger partial charge is 0.0393 e. The van der Waals surface area contributed by atoms with Crippen molar-refractivity contribution in [2.75, 3.05) is 11.9 Å². The topological polar surface area (TPSA) is 24.9 Å². The molecule has 1 heterocycles. The lowest BCUT2D eigenvalue weighted by Crippen LogP contribution is -2.16. The maximum absolute atomic E-state index is 4.16. The van der Waals surface area contributed by atoms with Crippen LogP contribution in [0, 0.1) is 18.8 Å². The molecule has 2 nitrogen and oxygen atoms in total. The number of nitrogens with one attached hydrogen (secondary N) is 1. The van der Waals surface area contributed by atoms with Crippen LogP contribution >= 0.6 is 0 Å². The van der Waals surface area contributed by atoms with Crippen molar-refractivity contribution in [3.63, 3.8) is 0 Å². The number of anilines is 1. The predicted octanol–water partition coefficient (Wildman–Crippen LogP) is 3.09. The van der Waals surface area contributed by atoms with Gasteiger partial charge in [0.25, 0.3) is 0 Å². The second kappa shape index (κ2) is 4.99. The molecule has 0 bridgehead atoms. The van der Waals surface area contributed by atoms with Crippen molar-refractivity contribution < 1.29 is 0 Å². The van der Waals surface area contributed by atoms with Crippen LogP contribution < -0.4 is 5.32 Å². The van der Waals surface area contributed by atoms with E-state index in [0.29, 0.717) is 5.92 Å². The Morgan fingerprint density at radius 2 is 2.07 bits per heavy atom. The van der Waals surface area contributed by atoms with E-state index in [1.807, 2.05) is 19.2 Å². The molecule has 0 aromatic carbocycles. The fourth-order valence-corrected chi connectivity index (χ4v) is 1.17. The first-order chi connectivity index (χ1) is 6.59. The number of rotatable bonds is 4. The van der Waals surface area contributed by atoms with Gasteiger partial charge < -0.3 is 5.32 Å². The normalized spacial score (nSPS) is 12.9. The van der Waals surface area contributed by atoms with E-state index in [1.54, 1.807) is 0 Å². The zero-order valence-corrected chi connectivity index (χ0v) is 9.54. The molecule has 0 aliphatic rings. The van der Waals surface area contributed by atoms with Crippen molar-refractivity contribution in [1.82, 2.24) is 4.98 Å². The van der Waals surface area contributed by atoms with E-state index in [2.05, 4.69) is 37.1 Å². The number of aromatic nitrogens is 1. The molecule has 0 fully saturated rings. The fraction of sp³-hybridized carbons (Fsp3) is 0.583. The van der Waals surface area contributed by atoms with Crippen LogP contribution in [0.4, 0.5) is 5.69 Å². The molecule has 0 amide bonds. The lowest BCUT2D eigenvalue weighted by atomic mass is 9.98. The number of hydrogen-bond donors (Lipinski definition) is 1. The average molecular weight is 192 g/mol. The zero-order chi connectivity index (χ0) is 10.6. The summed E-state index contributed by atoms with van der Waals surface area (Å²) in [6, 6.07) is 4.09. The van der Waals surface area contributed by atoms with Gasteiger partial charge in [-0.15, -0.1) is 0 Å². The van der Waals surface area contributed by atoms with Crippen molar-refractivity contribution in [2.45, 2.75) is 27.7 Å². The van der Waals surface area contributed by atoms with Crippen LogP contribution in [0.3, 0.4) is 0 Å². The van der Waals surface area contributed by atoms with Crippen LogP contribution in [0.5, 0.6) is 0 Å². The SMILES string of the molecule is Cc1cc(NCC(C)C(C)C)ccn1. The van der Waals surface area contributed by atoms with Crippen LogP contribution in [0.25, 0.3) is 0 Å². The van der Waals surface area contributed by atoms with Gasteiger partial charge in [0.05, 0.1) is 0 Å². The molecule has 1 atom stereocenters. The molecular weight excluding hydrogens is 172 g/mol.